The lowest BCUT2D eigenvalue weighted by atomic mass is 10.1. The van der Waals surface area contributed by atoms with Crippen molar-refractivity contribution in [3.63, 3.8) is 0 Å². The van der Waals surface area contributed by atoms with Crippen LogP contribution >= 0.6 is 0 Å². The number of hydrogen-bond donors (Lipinski definition) is 2. The standard InChI is InChI=1S/C17H23NO4/c1-12-7-8-14(22-12)9-10-16(19)18-15(17(20)21)11-13-5-3-2-4-6-13/h2-6,12,14-15H,7-11H2,1H3,(H,18,19)(H,20,21)/t12-,14+,15+/m1/s1. The molecule has 0 aliphatic carbocycles. The molecule has 0 spiro atoms. The molecule has 1 aliphatic heterocycles. The Kier molecular flexibility index (Phi) is 5.95. The van der Waals surface area contributed by atoms with Gasteiger partial charge in [0.05, 0.1) is 12.2 Å². The van der Waals surface area contributed by atoms with Crippen molar-refractivity contribution in [3.8, 4) is 0 Å². The highest BCUT2D eigenvalue weighted by atomic mass is 16.5. The highest BCUT2D eigenvalue weighted by Crippen LogP contribution is 2.22. The van der Waals surface area contributed by atoms with E-state index in [4.69, 9.17) is 4.74 Å². The Morgan fingerprint density at radius 2 is 2.05 bits per heavy atom. The summed E-state index contributed by atoms with van der Waals surface area (Å²) in [5.41, 5.74) is 0.892. The van der Waals surface area contributed by atoms with Gasteiger partial charge in [0.2, 0.25) is 5.91 Å². The van der Waals surface area contributed by atoms with Gasteiger partial charge in [-0.15, -0.1) is 0 Å². The van der Waals surface area contributed by atoms with E-state index in [9.17, 15) is 14.7 Å². The topological polar surface area (TPSA) is 75.6 Å². The third-order valence-electron chi connectivity index (χ3n) is 3.93. The van der Waals surface area contributed by atoms with E-state index in [2.05, 4.69) is 5.32 Å². The molecule has 1 heterocycles. The summed E-state index contributed by atoms with van der Waals surface area (Å²) in [4.78, 5) is 23.3. The molecule has 0 saturated carbocycles. The molecule has 0 radical (unpaired) electrons. The van der Waals surface area contributed by atoms with E-state index < -0.39 is 12.0 Å². The summed E-state index contributed by atoms with van der Waals surface area (Å²) in [6, 6.07) is 8.41. The summed E-state index contributed by atoms with van der Waals surface area (Å²) in [6.07, 6.45) is 3.62. The predicted octanol–water partition coefficient (Wildman–Crippen LogP) is 2.15. The second kappa shape index (κ2) is 7.94. The molecule has 1 fully saturated rings. The van der Waals surface area contributed by atoms with Gasteiger partial charge in [-0.2, -0.15) is 0 Å². The largest absolute Gasteiger partial charge is 0.480 e. The van der Waals surface area contributed by atoms with Crippen LogP contribution in [-0.2, 0) is 20.7 Å². The van der Waals surface area contributed by atoms with E-state index in [-0.39, 0.29) is 18.1 Å². The van der Waals surface area contributed by atoms with Crippen LogP contribution in [0.25, 0.3) is 0 Å². The normalized spacial score (nSPS) is 22.2. The first-order valence-corrected chi connectivity index (χ1v) is 7.76. The molecule has 0 aromatic heterocycles. The molecule has 120 valence electrons. The summed E-state index contributed by atoms with van der Waals surface area (Å²) < 4.78 is 5.66. The zero-order valence-electron chi connectivity index (χ0n) is 12.8. The van der Waals surface area contributed by atoms with Gasteiger partial charge < -0.3 is 15.2 Å². The van der Waals surface area contributed by atoms with Crippen molar-refractivity contribution in [2.24, 2.45) is 0 Å². The van der Waals surface area contributed by atoms with Crippen LogP contribution in [0.5, 0.6) is 0 Å². The number of nitrogens with one attached hydrogen (secondary N) is 1. The summed E-state index contributed by atoms with van der Waals surface area (Å²) in [5.74, 6) is -1.24. The number of rotatable bonds is 7. The predicted molar refractivity (Wildman–Crippen MR) is 82.5 cm³/mol. The zero-order valence-corrected chi connectivity index (χ0v) is 12.8. The second-order valence-corrected chi connectivity index (χ2v) is 5.83. The molecule has 2 rings (SSSR count). The molecule has 5 heteroatoms. The van der Waals surface area contributed by atoms with Gasteiger partial charge in [0, 0.05) is 12.8 Å². The molecular formula is C17H23NO4. The van der Waals surface area contributed by atoms with Crippen LogP contribution in [0.4, 0.5) is 0 Å². The van der Waals surface area contributed by atoms with Crippen molar-refractivity contribution >= 4 is 11.9 Å². The molecule has 1 saturated heterocycles. The first-order valence-electron chi connectivity index (χ1n) is 7.76. The second-order valence-electron chi connectivity index (χ2n) is 5.83. The van der Waals surface area contributed by atoms with Crippen LogP contribution in [0.3, 0.4) is 0 Å². The maximum absolute atomic E-state index is 12.0. The fourth-order valence-corrected chi connectivity index (χ4v) is 2.71. The van der Waals surface area contributed by atoms with Crippen LogP contribution in [0.1, 0.15) is 38.2 Å². The molecule has 2 N–H and O–H groups in total. The van der Waals surface area contributed by atoms with Gasteiger partial charge in [0.25, 0.3) is 0 Å². The smallest absolute Gasteiger partial charge is 0.326 e. The Morgan fingerprint density at radius 3 is 2.64 bits per heavy atom. The fraction of sp³-hybridized carbons (Fsp3) is 0.529. The average molecular weight is 305 g/mol. The number of carbonyl (C=O) groups is 2. The van der Waals surface area contributed by atoms with Crippen LogP contribution in [0.2, 0.25) is 0 Å². The van der Waals surface area contributed by atoms with E-state index in [0.29, 0.717) is 19.3 Å². The minimum Gasteiger partial charge on any atom is -0.480 e. The number of ether oxygens (including phenoxy) is 1. The molecule has 0 unspecified atom stereocenters. The third-order valence-corrected chi connectivity index (χ3v) is 3.93. The number of carboxylic acids is 1. The molecular weight excluding hydrogens is 282 g/mol. The minimum atomic E-state index is -1.01. The lowest BCUT2D eigenvalue weighted by Crippen LogP contribution is -2.42. The lowest BCUT2D eigenvalue weighted by molar-refractivity contribution is -0.141. The van der Waals surface area contributed by atoms with Gasteiger partial charge in [-0.1, -0.05) is 30.3 Å². The van der Waals surface area contributed by atoms with Crippen molar-refractivity contribution in [3.05, 3.63) is 35.9 Å². The molecule has 5 nitrogen and oxygen atoms in total. The van der Waals surface area contributed by atoms with E-state index >= 15 is 0 Å². The van der Waals surface area contributed by atoms with Crippen molar-refractivity contribution in [1.82, 2.24) is 5.32 Å². The van der Waals surface area contributed by atoms with Crippen molar-refractivity contribution < 1.29 is 19.4 Å². The monoisotopic (exact) mass is 305 g/mol. The minimum absolute atomic E-state index is 0.123. The highest BCUT2D eigenvalue weighted by molar-refractivity contribution is 5.83. The van der Waals surface area contributed by atoms with Crippen molar-refractivity contribution in [2.75, 3.05) is 0 Å². The van der Waals surface area contributed by atoms with Crippen LogP contribution in [0.15, 0.2) is 30.3 Å². The number of amides is 1. The summed E-state index contributed by atoms with van der Waals surface area (Å²) in [5, 5.41) is 11.9. The number of hydrogen-bond acceptors (Lipinski definition) is 3. The third kappa shape index (κ3) is 5.15. The van der Waals surface area contributed by atoms with E-state index in [1.54, 1.807) is 0 Å². The summed E-state index contributed by atoms with van der Waals surface area (Å²) in [6.45, 7) is 2.03. The van der Waals surface area contributed by atoms with Crippen molar-refractivity contribution in [1.29, 1.82) is 0 Å². The lowest BCUT2D eigenvalue weighted by Gasteiger charge is -2.16. The van der Waals surface area contributed by atoms with E-state index in [0.717, 1.165) is 18.4 Å². The van der Waals surface area contributed by atoms with Gasteiger partial charge in [-0.05, 0) is 31.7 Å². The maximum atomic E-state index is 12.0. The molecule has 1 amide bonds. The molecule has 3 atom stereocenters. The highest BCUT2D eigenvalue weighted by Gasteiger charge is 2.24. The number of carboxylic acid groups (broad SMARTS) is 1. The number of aliphatic carboxylic acids is 1. The SMILES string of the molecule is C[C@@H]1CC[C@@H](CCC(=O)N[C@@H](Cc2ccccc2)C(=O)O)O1. The Morgan fingerprint density at radius 1 is 1.32 bits per heavy atom. The Bertz CT molecular complexity index is 503. The number of carbonyl (C=O) groups excluding carboxylic acids is 1. The van der Waals surface area contributed by atoms with Gasteiger partial charge in [0.1, 0.15) is 6.04 Å². The Labute approximate surface area is 130 Å². The molecule has 1 aliphatic rings. The van der Waals surface area contributed by atoms with Crippen LogP contribution < -0.4 is 5.32 Å². The van der Waals surface area contributed by atoms with Gasteiger partial charge >= 0.3 is 5.97 Å². The molecule has 0 bridgehead atoms. The zero-order chi connectivity index (χ0) is 15.9. The molecule has 1 aromatic carbocycles. The first kappa shape index (κ1) is 16.5. The molecule has 1 aromatic rings. The quantitative estimate of drug-likeness (QED) is 0.809. The van der Waals surface area contributed by atoms with Crippen molar-refractivity contribution in [2.45, 2.75) is 57.3 Å². The number of benzene rings is 1. The summed E-state index contributed by atoms with van der Waals surface area (Å²) in [7, 11) is 0. The van der Waals surface area contributed by atoms with Gasteiger partial charge in [0.15, 0.2) is 0 Å². The average Bonchev–Trinajstić information content (AvgIpc) is 2.91. The van der Waals surface area contributed by atoms with E-state index in [1.165, 1.54) is 0 Å². The Hall–Kier alpha value is -1.88. The van der Waals surface area contributed by atoms with Crippen LogP contribution in [0, 0.1) is 0 Å². The van der Waals surface area contributed by atoms with Gasteiger partial charge in [-0.25, -0.2) is 4.79 Å². The van der Waals surface area contributed by atoms with E-state index in [1.807, 2.05) is 37.3 Å². The summed E-state index contributed by atoms with van der Waals surface area (Å²) >= 11 is 0. The Balaban J connectivity index is 1.80. The van der Waals surface area contributed by atoms with Gasteiger partial charge in [-0.3, -0.25) is 4.79 Å². The fourth-order valence-electron chi connectivity index (χ4n) is 2.71. The molecule has 22 heavy (non-hydrogen) atoms. The van der Waals surface area contributed by atoms with Crippen LogP contribution in [-0.4, -0.2) is 35.2 Å². The first-order chi connectivity index (χ1) is 10.5. The maximum Gasteiger partial charge on any atom is 0.326 e.